The zero-order valence-corrected chi connectivity index (χ0v) is 11.3. The van der Waals surface area contributed by atoms with Crippen molar-refractivity contribution in [3.8, 4) is 0 Å². The van der Waals surface area contributed by atoms with Gasteiger partial charge in [0.1, 0.15) is 12.6 Å². The van der Waals surface area contributed by atoms with Gasteiger partial charge in [0.2, 0.25) is 17.7 Å². The highest BCUT2D eigenvalue weighted by molar-refractivity contribution is 6.04. The Morgan fingerprint density at radius 3 is 2.84 bits per heavy atom. The first-order valence-electron chi connectivity index (χ1n) is 6.95. The summed E-state index contributed by atoms with van der Waals surface area (Å²) in [5, 5.41) is 5.55. The fourth-order valence-electron chi connectivity index (χ4n) is 2.80. The molecule has 2 rings (SSSR count). The van der Waals surface area contributed by atoms with Crippen molar-refractivity contribution in [1.29, 1.82) is 0 Å². The number of nitrogens with zero attached hydrogens (tertiary/aromatic N) is 1. The normalized spacial score (nSPS) is 28.2. The van der Waals surface area contributed by atoms with Crippen LogP contribution in [0, 0.1) is 5.92 Å². The molecule has 0 aromatic carbocycles. The van der Waals surface area contributed by atoms with Crippen LogP contribution in [0.5, 0.6) is 0 Å². The fraction of sp³-hybridized carbons (Fsp3) is 0.769. The highest BCUT2D eigenvalue weighted by Gasteiger charge is 2.36. The monoisotopic (exact) mass is 267 g/mol. The predicted octanol–water partition coefficient (Wildman–Crippen LogP) is -0.360. The molecule has 0 saturated carbocycles. The van der Waals surface area contributed by atoms with Crippen molar-refractivity contribution in [2.24, 2.45) is 5.92 Å². The van der Waals surface area contributed by atoms with Crippen LogP contribution in [-0.2, 0) is 14.4 Å². The first-order chi connectivity index (χ1) is 9.11. The molecule has 19 heavy (non-hydrogen) atoms. The lowest BCUT2D eigenvalue weighted by atomic mass is 9.95. The van der Waals surface area contributed by atoms with Gasteiger partial charge < -0.3 is 10.2 Å². The lowest BCUT2D eigenvalue weighted by Crippen LogP contribution is -2.59. The van der Waals surface area contributed by atoms with Crippen LogP contribution in [0.25, 0.3) is 0 Å². The highest BCUT2D eigenvalue weighted by atomic mass is 16.2. The van der Waals surface area contributed by atoms with Crippen LogP contribution in [0.4, 0.5) is 0 Å². The first-order valence-corrected chi connectivity index (χ1v) is 6.95. The van der Waals surface area contributed by atoms with Gasteiger partial charge in [0.25, 0.3) is 0 Å². The van der Waals surface area contributed by atoms with E-state index in [-0.39, 0.29) is 24.3 Å². The lowest BCUT2D eigenvalue weighted by Gasteiger charge is -2.34. The van der Waals surface area contributed by atoms with Gasteiger partial charge in [0.15, 0.2) is 0 Å². The second-order valence-corrected chi connectivity index (χ2v) is 5.27. The van der Waals surface area contributed by atoms with Crippen molar-refractivity contribution < 1.29 is 14.4 Å². The minimum atomic E-state index is -0.498. The van der Waals surface area contributed by atoms with E-state index in [4.69, 9.17) is 0 Å². The number of nitrogens with one attached hydrogen (secondary N) is 2. The Kier molecular flexibility index (Phi) is 4.52. The van der Waals surface area contributed by atoms with E-state index in [1.54, 1.807) is 0 Å². The number of carbonyl (C=O) groups is 3. The molecule has 2 unspecified atom stereocenters. The molecule has 2 N–H and O–H groups in total. The maximum absolute atomic E-state index is 12.3. The van der Waals surface area contributed by atoms with Gasteiger partial charge in [-0.25, -0.2) is 0 Å². The number of imide groups is 1. The number of rotatable bonds is 3. The van der Waals surface area contributed by atoms with Gasteiger partial charge in [-0.05, 0) is 38.3 Å². The van der Waals surface area contributed by atoms with Gasteiger partial charge in [0.05, 0.1) is 0 Å². The quantitative estimate of drug-likeness (QED) is 0.685. The fourth-order valence-corrected chi connectivity index (χ4v) is 2.80. The maximum Gasteiger partial charge on any atom is 0.249 e. The molecular formula is C13H21N3O3. The third-order valence-electron chi connectivity index (χ3n) is 3.82. The van der Waals surface area contributed by atoms with E-state index < -0.39 is 6.04 Å². The minimum Gasteiger partial charge on any atom is -0.321 e. The Morgan fingerprint density at radius 1 is 1.42 bits per heavy atom. The van der Waals surface area contributed by atoms with Gasteiger partial charge in [-0.1, -0.05) is 6.92 Å². The summed E-state index contributed by atoms with van der Waals surface area (Å²) < 4.78 is 0. The molecule has 0 aromatic rings. The zero-order chi connectivity index (χ0) is 13.8. The van der Waals surface area contributed by atoms with Crippen LogP contribution in [0.3, 0.4) is 0 Å². The molecule has 0 bridgehead atoms. The molecule has 0 aliphatic carbocycles. The number of hydrogen-bond acceptors (Lipinski definition) is 4. The second kappa shape index (κ2) is 6.14. The van der Waals surface area contributed by atoms with Crippen molar-refractivity contribution in [1.82, 2.24) is 15.5 Å². The standard InChI is InChI=1S/C13H21N3O3/c1-2-10-13(19)15-11(17)8-16(10)12(18)6-9-4-3-5-14-7-9/h9-10,14H,2-8H2,1H3,(H,15,17,19). The van der Waals surface area contributed by atoms with Crippen molar-refractivity contribution in [2.75, 3.05) is 19.6 Å². The Morgan fingerprint density at radius 2 is 2.21 bits per heavy atom. The summed E-state index contributed by atoms with van der Waals surface area (Å²) in [6.45, 7) is 3.70. The topological polar surface area (TPSA) is 78.5 Å². The van der Waals surface area contributed by atoms with Crippen molar-refractivity contribution >= 4 is 17.7 Å². The maximum atomic E-state index is 12.3. The lowest BCUT2D eigenvalue weighted by molar-refractivity contribution is -0.150. The summed E-state index contributed by atoms with van der Waals surface area (Å²) in [4.78, 5) is 36.8. The van der Waals surface area contributed by atoms with Gasteiger partial charge in [-0.15, -0.1) is 0 Å². The Balaban J connectivity index is 1.98. The molecule has 2 fully saturated rings. The van der Waals surface area contributed by atoms with Crippen LogP contribution >= 0.6 is 0 Å². The van der Waals surface area contributed by atoms with E-state index in [9.17, 15) is 14.4 Å². The van der Waals surface area contributed by atoms with Crippen LogP contribution < -0.4 is 10.6 Å². The largest absolute Gasteiger partial charge is 0.321 e. The van der Waals surface area contributed by atoms with Gasteiger partial charge in [0, 0.05) is 6.42 Å². The number of piperazine rings is 1. The molecule has 3 amide bonds. The number of hydrogen-bond donors (Lipinski definition) is 2. The zero-order valence-electron chi connectivity index (χ0n) is 11.3. The first kappa shape index (κ1) is 14.0. The van der Waals surface area contributed by atoms with E-state index in [1.807, 2.05) is 6.92 Å². The molecule has 6 heteroatoms. The van der Waals surface area contributed by atoms with E-state index in [0.29, 0.717) is 18.8 Å². The average Bonchev–Trinajstić information content (AvgIpc) is 2.39. The Bertz CT molecular complexity index is 377. The number of amides is 3. The molecule has 2 aliphatic heterocycles. The van der Waals surface area contributed by atoms with Crippen molar-refractivity contribution in [3.05, 3.63) is 0 Å². The SMILES string of the molecule is CCC1C(=O)NC(=O)CN1C(=O)CC1CCCNC1. The van der Waals surface area contributed by atoms with E-state index in [0.717, 1.165) is 25.9 Å². The third-order valence-corrected chi connectivity index (χ3v) is 3.82. The third kappa shape index (κ3) is 3.32. The smallest absolute Gasteiger partial charge is 0.249 e. The summed E-state index contributed by atoms with van der Waals surface area (Å²) in [7, 11) is 0. The molecular weight excluding hydrogens is 246 g/mol. The van der Waals surface area contributed by atoms with Crippen LogP contribution in [0.1, 0.15) is 32.6 Å². The summed E-state index contributed by atoms with van der Waals surface area (Å²) in [5.41, 5.74) is 0. The molecule has 106 valence electrons. The minimum absolute atomic E-state index is 0.00320. The number of carbonyl (C=O) groups excluding carboxylic acids is 3. The summed E-state index contributed by atoms with van der Waals surface area (Å²) in [6.07, 6.45) is 3.07. The molecule has 0 aromatic heterocycles. The summed E-state index contributed by atoms with van der Waals surface area (Å²) in [6, 6.07) is -0.498. The number of piperidine rings is 1. The van der Waals surface area contributed by atoms with E-state index in [2.05, 4.69) is 10.6 Å². The van der Waals surface area contributed by atoms with Gasteiger partial charge >= 0.3 is 0 Å². The Labute approximate surface area is 112 Å². The Hall–Kier alpha value is -1.43. The molecule has 6 nitrogen and oxygen atoms in total. The second-order valence-electron chi connectivity index (χ2n) is 5.27. The highest BCUT2D eigenvalue weighted by Crippen LogP contribution is 2.18. The molecule has 2 saturated heterocycles. The van der Waals surface area contributed by atoms with Gasteiger partial charge in [-0.2, -0.15) is 0 Å². The molecule has 2 heterocycles. The van der Waals surface area contributed by atoms with Crippen molar-refractivity contribution in [2.45, 2.75) is 38.6 Å². The average molecular weight is 267 g/mol. The van der Waals surface area contributed by atoms with E-state index in [1.165, 1.54) is 4.90 Å². The molecule has 0 spiro atoms. The van der Waals surface area contributed by atoms with E-state index >= 15 is 0 Å². The molecule has 2 atom stereocenters. The van der Waals surface area contributed by atoms with Gasteiger partial charge in [-0.3, -0.25) is 19.7 Å². The predicted molar refractivity (Wildman–Crippen MR) is 69.2 cm³/mol. The summed E-state index contributed by atoms with van der Waals surface area (Å²) in [5.74, 6) is -0.499. The molecule has 2 aliphatic rings. The van der Waals surface area contributed by atoms with Crippen LogP contribution in [-0.4, -0.2) is 48.3 Å². The van der Waals surface area contributed by atoms with Crippen molar-refractivity contribution in [3.63, 3.8) is 0 Å². The van der Waals surface area contributed by atoms with Crippen LogP contribution in [0.15, 0.2) is 0 Å². The molecule has 0 radical (unpaired) electrons. The van der Waals surface area contributed by atoms with Crippen LogP contribution in [0.2, 0.25) is 0 Å². The summed E-state index contributed by atoms with van der Waals surface area (Å²) >= 11 is 0.